The summed E-state index contributed by atoms with van der Waals surface area (Å²) in [4.78, 5) is 7.07. The van der Waals surface area contributed by atoms with E-state index >= 15 is 0 Å². The Labute approximate surface area is 115 Å². The van der Waals surface area contributed by atoms with E-state index in [1.807, 2.05) is 18.2 Å². The van der Waals surface area contributed by atoms with Crippen molar-refractivity contribution in [3.05, 3.63) is 30.1 Å². The normalized spacial score (nSPS) is 12.8. The van der Waals surface area contributed by atoms with E-state index in [2.05, 4.69) is 36.3 Å². The van der Waals surface area contributed by atoms with Crippen molar-refractivity contribution in [3.63, 3.8) is 0 Å². The van der Waals surface area contributed by atoms with Crippen LogP contribution in [0.5, 0.6) is 0 Å². The summed E-state index contributed by atoms with van der Waals surface area (Å²) in [6, 6.07) is 6.31. The maximum Gasteiger partial charge on any atom is 0.151 e. The molecule has 0 aliphatic heterocycles. The van der Waals surface area contributed by atoms with Gasteiger partial charge in [-0.05, 0) is 32.4 Å². The number of nitrogens with zero attached hydrogens (tertiary/aromatic N) is 3. The zero-order valence-corrected chi connectivity index (χ0v) is 12.1. The van der Waals surface area contributed by atoms with E-state index in [-0.39, 0.29) is 6.04 Å². The minimum Gasteiger partial charge on any atom is -0.356 e. The van der Waals surface area contributed by atoms with Crippen LogP contribution in [0.15, 0.2) is 24.4 Å². The minimum atomic E-state index is 0.189. The van der Waals surface area contributed by atoms with Gasteiger partial charge < -0.3 is 15.0 Å². The van der Waals surface area contributed by atoms with Gasteiger partial charge in [0.25, 0.3) is 0 Å². The third kappa shape index (κ3) is 2.73. The van der Waals surface area contributed by atoms with Crippen molar-refractivity contribution in [3.8, 4) is 0 Å². The van der Waals surface area contributed by atoms with Crippen LogP contribution in [0.25, 0.3) is 5.65 Å². The standard InChI is InChI=1S/C15H24N4/c1-4-12(16)11-13-15(18(5-2)6-3)17-14-9-7-8-10-19(13)14/h7-10,12H,4-6,11,16H2,1-3H3. The van der Waals surface area contributed by atoms with E-state index in [9.17, 15) is 0 Å². The average molecular weight is 260 g/mol. The molecule has 0 radical (unpaired) electrons. The third-order valence-corrected chi connectivity index (χ3v) is 3.65. The lowest BCUT2D eigenvalue weighted by Crippen LogP contribution is -2.27. The molecule has 0 spiro atoms. The first-order valence-electron chi connectivity index (χ1n) is 7.17. The van der Waals surface area contributed by atoms with Crippen molar-refractivity contribution in [2.24, 2.45) is 5.73 Å². The molecule has 0 bridgehead atoms. The van der Waals surface area contributed by atoms with Crippen LogP contribution in [0.4, 0.5) is 5.82 Å². The molecule has 4 heteroatoms. The number of imidazole rings is 1. The summed E-state index contributed by atoms with van der Waals surface area (Å²) in [6.45, 7) is 8.39. The zero-order chi connectivity index (χ0) is 13.8. The second kappa shape index (κ2) is 6.06. The SMILES string of the molecule is CCC(N)Cc1c(N(CC)CC)nc2ccccn12. The Balaban J connectivity index is 2.51. The first kappa shape index (κ1) is 13.9. The van der Waals surface area contributed by atoms with Crippen LogP contribution in [-0.4, -0.2) is 28.5 Å². The number of pyridine rings is 1. The van der Waals surface area contributed by atoms with Crippen LogP contribution in [-0.2, 0) is 6.42 Å². The molecular formula is C15H24N4. The van der Waals surface area contributed by atoms with Gasteiger partial charge in [0.15, 0.2) is 5.82 Å². The highest BCUT2D eigenvalue weighted by Crippen LogP contribution is 2.23. The van der Waals surface area contributed by atoms with Crippen molar-refractivity contribution in [2.45, 2.75) is 39.7 Å². The highest BCUT2D eigenvalue weighted by Gasteiger charge is 2.17. The number of nitrogens with two attached hydrogens (primary N) is 1. The molecule has 0 aliphatic carbocycles. The molecule has 2 heterocycles. The summed E-state index contributed by atoms with van der Waals surface area (Å²) in [5, 5.41) is 0. The zero-order valence-electron chi connectivity index (χ0n) is 12.1. The third-order valence-electron chi connectivity index (χ3n) is 3.65. The topological polar surface area (TPSA) is 46.6 Å². The minimum absolute atomic E-state index is 0.189. The van der Waals surface area contributed by atoms with Gasteiger partial charge in [-0.2, -0.15) is 0 Å². The van der Waals surface area contributed by atoms with Crippen molar-refractivity contribution in [1.82, 2.24) is 9.38 Å². The Morgan fingerprint density at radius 2 is 2.00 bits per heavy atom. The van der Waals surface area contributed by atoms with Gasteiger partial charge in [0, 0.05) is 31.7 Å². The second-order valence-corrected chi connectivity index (χ2v) is 4.86. The van der Waals surface area contributed by atoms with Gasteiger partial charge in [-0.1, -0.05) is 13.0 Å². The first-order chi connectivity index (χ1) is 9.21. The molecular weight excluding hydrogens is 236 g/mol. The van der Waals surface area contributed by atoms with E-state index in [4.69, 9.17) is 10.7 Å². The van der Waals surface area contributed by atoms with Crippen LogP contribution in [0.2, 0.25) is 0 Å². The van der Waals surface area contributed by atoms with Crippen LogP contribution in [0, 0.1) is 0 Å². The molecule has 104 valence electrons. The lowest BCUT2D eigenvalue weighted by molar-refractivity contribution is 0.632. The predicted octanol–water partition coefficient (Wildman–Crippen LogP) is 2.46. The molecule has 1 unspecified atom stereocenters. The summed E-state index contributed by atoms with van der Waals surface area (Å²) >= 11 is 0. The van der Waals surface area contributed by atoms with Crippen LogP contribution in [0.1, 0.15) is 32.9 Å². The van der Waals surface area contributed by atoms with Crippen molar-refractivity contribution in [2.75, 3.05) is 18.0 Å². The van der Waals surface area contributed by atoms with Gasteiger partial charge in [-0.15, -0.1) is 0 Å². The van der Waals surface area contributed by atoms with Gasteiger partial charge in [0.2, 0.25) is 0 Å². The molecule has 19 heavy (non-hydrogen) atoms. The summed E-state index contributed by atoms with van der Waals surface area (Å²) in [7, 11) is 0. The van der Waals surface area contributed by atoms with Crippen LogP contribution < -0.4 is 10.6 Å². The maximum atomic E-state index is 6.15. The molecule has 0 amide bonds. The van der Waals surface area contributed by atoms with E-state index < -0.39 is 0 Å². The summed E-state index contributed by atoms with van der Waals surface area (Å²) < 4.78 is 2.17. The quantitative estimate of drug-likeness (QED) is 0.868. The Morgan fingerprint density at radius 3 is 2.63 bits per heavy atom. The molecule has 2 N–H and O–H groups in total. The van der Waals surface area contributed by atoms with E-state index in [0.717, 1.165) is 37.4 Å². The highest BCUT2D eigenvalue weighted by atomic mass is 15.2. The van der Waals surface area contributed by atoms with Gasteiger partial charge in [0.1, 0.15) is 5.65 Å². The van der Waals surface area contributed by atoms with Gasteiger partial charge in [-0.3, -0.25) is 0 Å². The Hall–Kier alpha value is -1.55. The Kier molecular flexibility index (Phi) is 4.43. The molecule has 2 rings (SSSR count). The Morgan fingerprint density at radius 1 is 1.26 bits per heavy atom. The number of hydrogen-bond acceptors (Lipinski definition) is 3. The molecule has 0 saturated heterocycles. The molecule has 2 aromatic rings. The molecule has 4 nitrogen and oxygen atoms in total. The monoisotopic (exact) mass is 260 g/mol. The van der Waals surface area contributed by atoms with E-state index in [1.54, 1.807) is 0 Å². The number of rotatable bonds is 6. The predicted molar refractivity (Wildman–Crippen MR) is 80.7 cm³/mol. The van der Waals surface area contributed by atoms with Gasteiger partial charge in [0.05, 0.1) is 5.69 Å². The molecule has 0 aliphatic rings. The molecule has 2 aromatic heterocycles. The smallest absolute Gasteiger partial charge is 0.151 e. The van der Waals surface area contributed by atoms with Gasteiger partial charge >= 0.3 is 0 Å². The summed E-state index contributed by atoms with van der Waals surface area (Å²) in [5.41, 5.74) is 8.38. The number of aromatic nitrogens is 2. The van der Waals surface area contributed by atoms with E-state index in [1.165, 1.54) is 5.69 Å². The number of fused-ring (bicyclic) bond motifs is 1. The van der Waals surface area contributed by atoms with Crippen molar-refractivity contribution in [1.29, 1.82) is 0 Å². The lowest BCUT2D eigenvalue weighted by atomic mass is 10.1. The summed E-state index contributed by atoms with van der Waals surface area (Å²) in [5.74, 6) is 1.08. The van der Waals surface area contributed by atoms with Crippen molar-refractivity contribution < 1.29 is 0 Å². The molecule has 0 fully saturated rings. The fraction of sp³-hybridized carbons (Fsp3) is 0.533. The average Bonchev–Trinajstić information content (AvgIpc) is 2.79. The van der Waals surface area contributed by atoms with Crippen molar-refractivity contribution >= 4 is 11.5 Å². The maximum absolute atomic E-state index is 6.15. The fourth-order valence-electron chi connectivity index (χ4n) is 2.39. The lowest BCUT2D eigenvalue weighted by Gasteiger charge is -2.20. The van der Waals surface area contributed by atoms with Crippen LogP contribution in [0.3, 0.4) is 0 Å². The molecule has 1 atom stereocenters. The fourth-order valence-corrected chi connectivity index (χ4v) is 2.39. The molecule has 0 aromatic carbocycles. The second-order valence-electron chi connectivity index (χ2n) is 4.86. The summed E-state index contributed by atoms with van der Waals surface area (Å²) in [6.07, 6.45) is 3.93. The van der Waals surface area contributed by atoms with Gasteiger partial charge in [-0.25, -0.2) is 4.98 Å². The van der Waals surface area contributed by atoms with Crippen LogP contribution >= 0.6 is 0 Å². The number of hydrogen-bond donors (Lipinski definition) is 1. The largest absolute Gasteiger partial charge is 0.356 e. The Bertz CT molecular complexity index is 528. The highest BCUT2D eigenvalue weighted by molar-refractivity contribution is 5.56. The first-order valence-corrected chi connectivity index (χ1v) is 7.17. The number of anilines is 1. The van der Waals surface area contributed by atoms with E-state index in [0.29, 0.717) is 0 Å². The molecule has 0 saturated carbocycles.